The van der Waals surface area contributed by atoms with Gasteiger partial charge < -0.3 is 19.1 Å². The molecule has 0 saturated carbocycles. The van der Waals surface area contributed by atoms with E-state index in [0.29, 0.717) is 28.4 Å². The zero-order chi connectivity index (χ0) is 22.0. The topological polar surface area (TPSA) is 65.1 Å². The van der Waals surface area contributed by atoms with Crippen molar-refractivity contribution >= 4 is 23.5 Å². The first-order chi connectivity index (χ1) is 14.9. The summed E-state index contributed by atoms with van der Waals surface area (Å²) in [6.45, 7) is 0. The summed E-state index contributed by atoms with van der Waals surface area (Å²) >= 11 is 0. The molecule has 0 aliphatic carbocycles. The molecule has 156 valence electrons. The molecule has 0 saturated heterocycles. The number of hydrogen-bond donors (Lipinski definition) is 0. The molecule has 0 amide bonds. The highest BCUT2D eigenvalue weighted by molar-refractivity contribution is 6.14. The molecule has 0 N–H and O–H groups in total. The van der Waals surface area contributed by atoms with Crippen LogP contribution in [0.1, 0.15) is 26.3 Å². The molecule has 4 rings (SSSR count). The Bertz CT molecular complexity index is 1160. The summed E-state index contributed by atoms with van der Waals surface area (Å²) in [5.41, 5.74) is 2.74. The minimum Gasteiger partial charge on any atom is -0.497 e. The lowest BCUT2D eigenvalue weighted by molar-refractivity contribution is 0.0734. The van der Waals surface area contributed by atoms with Crippen molar-refractivity contribution in [3.8, 4) is 17.2 Å². The number of carbonyl (C=O) groups excluding carboxylic acids is 2. The third kappa shape index (κ3) is 4.28. The van der Waals surface area contributed by atoms with E-state index in [1.807, 2.05) is 43.3 Å². The highest BCUT2D eigenvalue weighted by atomic mass is 16.5. The minimum absolute atomic E-state index is 0.209. The highest BCUT2D eigenvalue weighted by Crippen LogP contribution is 2.35. The molecule has 1 aliphatic rings. The van der Waals surface area contributed by atoms with Crippen LogP contribution < -0.4 is 19.1 Å². The van der Waals surface area contributed by atoms with Crippen LogP contribution in [0.4, 0.5) is 5.69 Å². The molecular formula is C25H21NO5. The Balaban J connectivity index is 1.50. The Morgan fingerprint density at radius 1 is 0.935 bits per heavy atom. The molecule has 0 spiro atoms. The maximum Gasteiger partial charge on any atom is 0.343 e. The van der Waals surface area contributed by atoms with Gasteiger partial charge in [0.05, 0.1) is 18.2 Å². The van der Waals surface area contributed by atoms with E-state index in [2.05, 4.69) is 0 Å². The summed E-state index contributed by atoms with van der Waals surface area (Å²) in [4.78, 5) is 27.0. The molecule has 1 aliphatic heterocycles. The van der Waals surface area contributed by atoms with Crippen molar-refractivity contribution in [3.05, 3.63) is 89.2 Å². The first-order valence-electron chi connectivity index (χ1n) is 9.66. The molecular weight excluding hydrogens is 394 g/mol. The largest absolute Gasteiger partial charge is 0.497 e. The van der Waals surface area contributed by atoms with Crippen molar-refractivity contribution in [1.82, 2.24) is 0 Å². The van der Waals surface area contributed by atoms with E-state index in [9.17, 15) is 9.59 Å². The second-order valence-corrected chi connectivity index (χ2v) is 7.20. The number of allylic oxidation sites excluding steroid dienone is 1. The number of ketones is 1. The number of fused-ring (bicyclic) bond motifs is 1. The Hall–Kier alpha value is -4.06. The second kappa shape index (κ2) is 8.36. The van der Waals surface area contributed by atoms with Gasteiger partial charge in [-0.15, -0.1) is 0 Å². The normalized spacial score (nSPS) is 13.5. The van der Waals surface area contributed by atoms with Crippen LogP contribution in [-0.4, -0.2) is 33.0 Å². The molecule has 1 heterocycles. The second-order valence-electron chi connectivity index (χ2n) is 7.20. The summed E-state index contributed by atoms with van der Waals surface area (Å²) in [5, 5.41) is 0. The van der Waals surface area contributed by atoms with Crippen molar-refractivity contribution < 1.29 is 23.8 Å². The van der Waals surface area contributed by atoms with Gasteiger partial charge in [-0.25, -0.2) is 4.79 Å². The highest BCUT2D eigenvalue weighted by Gasteiger charge is 2.28. The predicted octanol–water partition coefficient (Wildman–Crippen LogP) is 4.60. The number of anilines is 1. The number of methoxy groups -OCH3 is 1. The number of benzene rings is 3. The molecule has 0 unspecified atom stereocenters. The van der Waals surface area contributed by atoms with E-state index in [0.717, 1.165) is 11.3 Å². The van der Waals surface area contributed by atoms with Gasteiger partial charge in [0.1, 0.15) is 17.2 Å². The number of carbonyl (C=O) groups is 2. The average Bonchev–Trinajstić information content (AvgIpc) is 3.08. The summed E-state index contributed by atoms with van der Waals surface area (Å²) in [5.74, 6) is 0.816. The molecule has 6 nitrogen and oxygen atoms in total. The third-order valence-electron chi connectivity index (χ3n) is 4.88. The number of nitrogens with zero attached hydrogens (tertiary/aromatic N) is 1. The lowest BCUT2D eigenvalue weighted by atomic mass is 10.1. The summed E-state index contributed by atoms with van der Waals surface area (Å²) in [6.07, 6.45) is 1.70. The van der Waals surface area contributed by atoms with E-state index in [-0.39, 0.29) is 11.5 Å². The molecule has 0 bridgehead atoms. The monoisotopic (exact) mass is 415 g/mol. The van der Waals surface area contributed by atoms with E-state index < -0.39 is 5.97 Å². The van der Waals surface area contributed by atoms with Crippen molar-refractivity contribution in [1.29, 1.82) is 0 Å². The Morgan fingerprint density at radius 2 is 1.61 bits per heavy atom. The first-order valence-corrected chi connectivity index (χ1v) is 9.66. The number of rotatable bonds is 5. The van der Waals surface area contributed by atoms with E-state index in [1.165, 1.54) is 0 Å². The van der Waals surface area contributed by atoms with Gasteiger partial charge in [0, 0.05) is 25.8 Å². The van der Waals surface area contributed by atoms with Crippen LogP contribution in [0.2, 0.25) is 0 Å². The van der Waals surface area contributed by atoms with Crippen molar-refractivity contribution in [2.24, 2.45) is 0 Å². The first kappa shape index (κ1) is 20.2. The minimum atomic E-state index is -0.510. The summed E-state index contributed by atoms with van der Waals surface area (Å²) < 4.78 is 16.3. The van der Waals surface area contributed by atoms with E-state index in [4.69, 9.17) is 14.2 Å². The van der Waals surface area contributed by atoms with Crippen LogP contribution in [0.15, 0.2) is 72.5 Å². The van der Waals surface area contributed by atoms with Crippen molar-refractivity contribution in [2.45, 2.75) is 0 Å². The van der Waals surface area contributed by atoms with Gasteiger partial charge in [-0.1, -0.05) is 12.1 Å². The molecule has 3 aromatic carbocycles. The molecule has 3 aromatic rings. The van der Waals surface area contributed by atoms with Gasteiger partial charge in [-0.05, 0) is 60.2 Å². The fourth-order valence-electron chi connectivity index (χ4n) is 3.14. The predicted molar refractivity (Wildman–Crippen MR) is 118 cm³/mol. The molecule has 6 heteroatoms. The van der Waals surface area contributed by atoms with Crippen LogP contribution in [0.5, 0.6) is 17.2 Å². The van der Waals surface area contributed by atoms with Crippen LogP contribution in [-0.2, 0) is 0 Å². The number of Topliss-reactive ketones (excluding diaryl/α,β-unsaturated/α-hetero) is 1. The smallest absolute Gasteiger partial charge is 0.343 e. The molecule has 31 heavy (non-hydrogen) atoms. The van der Waals surface area contributed by atoms with Gasteiger partial charge in [0.25, 0.3) is 0 Å². The van der Waals surface area contributed by atoms with E-state index in [1.54, 1.807) is 55.7 Å². The van der Waals surface area contributed by atoms with Gasteiger partial charge in [-0.2, -0.15) is 0 Å². The Labute approximate surface area is 180 Å². The number of hydrogen-bond acceptors (Lipinski definition) is 6. The number of ether oxygens (including phenoxy) is 3. The van der Waals surface area contributed by atoms with Crippen LogP contribution in [0.3, 0.4) is 0 Å². The van der Waals surface area contributed by atoms with Gasteiger partial charge in [0.15, 0.2) is 5.76 Å². The molecule has 0 atom stereocenters. The Morgan fingerprint density at radius 3 is 2.26 bits per heavy atom. The van der Waals surface area contributed by atoms with Gasteiger partial charge >= 0.3 is 5.97 Å². The zero-order valence-corrected chi connectivity index (χ0v) is 17.4. The maximum atomic E-state index is 12.7. The lowest BCUT2D eigenvalue weighted by Gasteiger charge is -2.11. The van der Waals surface area contributed by atoms with Gasteiger partial charge in [-0.3, -0.25) is 4.79 Å². The van der Waals surface area contributed by atoms with Crippen molar-refractivity contribution in [3.63, 3.8) is 0 Å². The maximum absolute atomic E-state index is 12.7. The Kier molecular flexibility index (Phi) is 5.45. The molecule has 0 fully saturated rings. The van der Waals surface area contributed by atoms with Crippen molar-refractivity contribution in [2.75, 3.05) is 26.1 Å². The van der Waals surface area contributed by atoms with Crippen LogP contribution in [0, 0.1) is 0 Å². The lowest BCUT2D eigenvalue weighted by Crippen LogP contribution is -2.08. The molecule has 0 radical (unpaired) electrons. The quantitative estimate of drug-likeness (QED) is 0.345. The summed E-state index contributed by atoms with van der Waals surface area (Å²) in [6, 6.07) is 19.1. The average molecular weight is 415 g/mol. The van der Waals surface area contributed by atoms with E-state index >= 15 is 0 Å². The standard InChI is InChI=1S/C25H21NO5/c1-26(2)18-8-4-16(5-9-18)14-23-24(27)21-13-12-20(15-22(21)31-23)30-25(28)17-6-10-19(29-3)11-7-17/h4-15H,1-3H3/b23-14-. The molecule has 0 aromatic heterocycles. The zero-order valence-electron chi connectivity index (χ0n) is 17.4. The fourth-order valence-corrected chi connectivity index (χ4v) is 3.14. The fraction of sp³-hybridized carbons (Fsp3) is 0.120. The SMILES string of the molecule is COc1ccc(C(=O)Oc2ccc3c(c2)O/C(=C\c2ccc(N(C)C)cc2)C3=O)cc1. The third-order valence-corrected chi connectivity index (χ3v) is 4.88. The van der Waals surface area contributed by atoms with Gasteiger partial charge in [0.2, 0.25) is 5.78 Å². The number of esters is 1. The summed E-state index contributed by atoms with van der Waals surface area (Å²) in [7, 11) is 5.49. The van der Waals surface area contributed by atoms with Crippen LogP contribution in [0.25, 0.3) is 6.08 Å². The van der Waals surface area contributed by atoms with Crippen LogP contribution >= 0.6 is 0 Å².